The highest BCUT2D eigenvalue weighted by Gasteiger charge is 2.36. The Morgan fingerprint density at radius 3 is 2.94 bits per heavy atom. The van der Waals surface area contributed by atoms with Crippen molar-refractivity contribution < 1.29 is 0 Å². The molecule has 2 heterocycles. The number of hydrogen-bond donors (Lipinski definition) is 0. The van der Waals surface area contributed by atoms with Gasteiger partial charge in [0.15, 0.2) is 5.84 Å². The van der Waals surface area contributed by atoms with Crippen molar-refractivity contribution in [2.75, 3.05) is 7.05 Å². The molecule has 0 bridgehead atoms. The Balaban J connectivity index is 2.18. The molecule has 0 aromatic heterocycles. The van der Waals surface area contributed by atoms with Crippen LogP contribution in [0, 0.1) is 5.92 Å². The van der Waals surface area contributed by atoms with Gasteiger partial charge in [0.1, 0.15) is 12.0 Å². The summed E-state index contributed by atoms with van der Waals surface area (Å²) in [5.41, 5.74) is 5.50. The van der Waals surface area contributed by atoms with Crippen molar-refractivity contribution >= 4 is 11.7 Å². The normalized spacial score (nSPS) is 31.0. The second-order valence-corrected chi connectivity index (χ2v) is 5.08. The molecule has 0 N–H and O–H groups in total. The predicted molar refractivity (Wildman–Crippen MR) is 73.1 cm³/mol. The Labute approximate surface area is 108 Å². The SMILES string of the molecule is CC1=NC2=C(C=C=CCC2C)C2=NC(C)N(C)N12. The smallest absolute Gasteiger partial charge is 0.155 e. The third-order valence-electron chi connectivity index (χ3n) is 3.76. The highest BCUT2D eigenvalue weighted by molar-refractivity contribution is 6.13. The predicted octanol–water partition coefficient (Wildman–Crippen LogP) is 2.33. The number of amidine groups is 2. The van der Waals surface area contributed by atoms with E-state index in [1.165, 1.54) is 0 Å². The molecule has 2 aliphatic heterocycles. The second-order valence-electron chi connectivity index (χ2n) is 5.08. The summed E-state index contributed by atoms with van der Waals surface area (Å²) < 4.78 is 0. The van der Waals surface area contributed by atoms with Crippen LogP contribution >= 0.6 is 0 Å². The molecule has 4 heteroatoms. The van der Waals surface area contributed by atoms with Crippen molar-refractivity contribution in [3.05, 3.63) is 29.2 Å². The van der Waals surface area contributed by atoms with E-state index in [0.29, 0.717) is 5.92 Å². The Bertz CT molecular complexity index is 546. The van der Waals surface area contributed by atoms with Crippen LogP contribution in [-0.4, -0.2) is 34.9 Å². The zero-order valence-corrected chi connectivity index (χ0v) is 11.3. The summed E-state index contributed by atoms with van der Waals surface area (Å²) in [6.07, 6.45) is 5.26. The van der Waals surface area contributed by atoms with Gasteiger partial charge < -0.3 is 0 Å². The van der Waals surface area contributed by atoms with E-state index in [9.17, 15) is 0 Å². The maximum absolute atomic E-state index is 4.78. The van der Waals surface area contributed by atoms with Crippen molar-refractivity contribution in [3.8, 4) is 0 Å². The molecule has 3 rings (SSSR count). The zero-order valence-electron chi connectivity index (χ0n) is 11.3. The fourth-order valence-electron chi connectivity index (χ4n) is 2.61. The summed E-state index contributed by atoms with van der Waals surface area (Å²) in [7, 11) is 2.05. The monoisotopic (exact) mass is 242 g/mol. The van der Waals surface area contributed by atoms with Gasteiger partial charge in [-0.1, -0.05) is 6.92 Å². The molecule has 0 aromatic carbocycles. The molecule has 4 nitrogen and oxygen atoms in total. The van der Waals surface area contributed by atoms with E-state index >= 15 is 0 Å². The van der Waals surface area contributed by atoms with Crippen LogP contribution in [0.5, 0.6) is 0 Å². The van der Waals surface area contributed by atoms with E-state index in [1.54, 1.807) is 0 Å². The largest absolute Gasteiger partial charge is 0.246 e. The van der Waals surface area contributed by atoms with E-state index in [2.05, 4.69) is 35.7 Å². The Morgan fingerprint density at radius 2 is 2.17 bits per heavy atom. The summed E-state index contributed by atoms with van der Waals surface area (Å²) in [6, 6.07) is 0. The average molecular weight is 242 g/mol. The van der Waals surface area contributed by atoms with Crippen molar-refractivity contribution in [2.24, 2.45) is 15.9 Å². The van der Waals surface area contributed by atoms with E-state index in [0.717, 1.165) is 29.4 Å². The third kappa shape index (κ3) is 1.50. The van der Waals surface area contributed by atoms with Crippen LogP contribution in [0.3, 0.4) is 0 Å². The number of nitrogens with zero attached hydrogens (tertiary/aromatic N) is 4. The Morgan fingerprint density at radius 1 is 1.39 bits per heavy atom. The minimum Gasteiger partial charge on any atom is -0.246 e. The highest BCUT2D eigenvalue weighted by Crippen LogP contribution is 2.32. The average Bonchev–Trinajstić information content (AvgIpc) is 2.52. The Kier molecular flexibility index (Phi) is 2.51. The summed E-state index contributed by atoms with van der Waals surface area (Å²) in [4.78, 5) is 9.53. The number of aliphatic imine (C=N–C) groups is 2. The first kappa shape index (κ1) is 11.5. The van der Waals surface area contributed by atoms with Crippen molar-refractivity contribution in [1.29, 1.82) is 0 Å². The summed E-state index contributed by atoms with van der Waals surface area (Å²) >= 11 is 0. The van der Waals surface area contributed by atoms with Gasteiger partial charge in [-0.3, -0.25) is 0 Å². The van der Waals surface area contributed by atoms with Gasteiger partial charge >= 0.3 is 0 Å². The molecule has 0 amide bonds. The van der Waals surface area contributed by atoms with E-state index < -0.39 is 0 Å². The number of allylic oxidation sites excluding steroid dienone is 1. The van der Waals surface area contributed by atoms with Gasteiger partial charge in [-0.05, 0) is 32.4 Å². The number of rotatable bonds is 0. The van der Waals surface area contributed by atoms with Crippen LogP contribution in [0.1, 0.15) is 27.2 Å². The number of hydrazine groups is 1. The van der Waals surface area contributed by atoms with Gasteiger partial charge in [0.25, 0.3) is 0 Å². The molecule has 0 saturated carbocycles. The lowest BCUT2D eigenvalue weighted by Gasteiger charge is -2.32. The molecule has 2 atom stereocenters. The molecular formula is C14H18N4. The van der Waals surface area contributed by atoms with E-state index in [1.807, 2.05) is 20.0 Å². The molecule has 0 radical (unpaired) electrons. The lowest BCUT2D eigenvalue weighted by molar-refractivity contribution is 0.132. The summed E-state index contributed by atoms with van der Waals surface area (Å²) in [5, 5.41) is 4.21. The molecule has 3 aliphatic rings. The van der Waals surface area contributed by atoms with Crippen LogP contribution < -0.4 is 0 Å². The lowest BCUT2D eigenvalue weighted by Crippen LogP contribution is -2.46. The van der Waals surface area contributed by atoms with Gasteiger partial charge in [0, 0.05) is 18.5 Å². The second kappa shape index (κ2) is 3.94. The molecule has 0 saturated heterocycles. The number of fused-ring (bicyclic) bond motifs is 2. The first-order chi connectivity index (χ1) is 8.59. The molecule has 1 aliphatic carbocycles. The van der Waals surface area contributed by atoms with Crippen LogP contribution in [0.25, 0.3) is 0 Å². The van der Waals surface area contributed by atoms with Crippen molar-refractivity contribution in [3.63, 3.8) is 0 Å². The lowest BCUT2D eigenvalue weighted by atomic mass is 9.99. The first-order valence-electron chi connectivity index (χ1n) is 6.41. The van der Waals surface area contributed by atoms with Crippen LogP contribution in [0.2, 0.25) is 0 Å². The topological polar surface area (TPSA) is 31.2 Å². The van der Waals surface area contributed by atoms with Crippen LogP contribution in [0.15, 0.2) is 39.1 Å². The molecule has 94 valence electrons. The van der Waals surface area contributed by atoms with Gasteiger partial charge in [0.2, 0.25) is 0 Å². The molecule has 0 fully saturated rings. The van der Waals surface area contributed by atoms with Gasteiger partial charge in [0.05, 0.1) is 5.70 Å². The fraction of sp³-hybridized carbons (Fsp3) is 0.500. The van der Waals surface area contributed by atoms with Crippen molar-refractivity contribution in [2.45, 2.75) is 33.4 Å². The zero-order chi connectivity index (χ0) is 12.9. The summed E-state index contributed by atoms with van der Waals surface area (Å²) in [5.74, 6) is 2.44. The third-order valence-corrected chi connectivity index (χ3v) is 3.76. The van der Waals surface area contributed by atoms with Gasteiger partial charge in [-0.2, -0.15) is 5.01 Å². The van der Waals surface area contributed by atoms with Crippen LogP contribution in [0.4, 0.5) is 0 Å². The molecule has 2 unspecified atom stereocenters. The molecule has 0 aromatic rings. The van der Waals surface area contributed by atoms with Gasteiger partial charge in [-0.15, -0.1) is 5.73 Å². The molecular weight excluding hydrogens is 224 g/mol. The fourth-order valence-corrected chi connectivity index (χ4v) is 2.61. The maximum atomic E-state index is 4.78. The quantitative estimate of drug-likeness (QED) is 0.610. The van der Waals surface area contributed by atoms with Gasteiger partial charge in [-0.25, -0.2) is 15.0 Å². The molecule has 18 heavy (non-hydrogen) atoms. The highest BCUT2D eigenvalue weighted by atomic mass is 15.7. The van der Waals surface area contributed by atoms with Crippen molar-refractivity contribution in [1.82, 2.24) is 10.0 Å². The van der Waals surface area contributed by atoms with Crippen LogP contribution in [-0.2, 0) is 0 Å². The summed E-state index contributed by atoms with van der Waals surface area (Å²) in [6.45, 7) is 6.35. The number of hydrogen-bond acceptors (Lipinski definition) is 4. The Hall–Kier alpha value is -1.64. The minimum absolute atomic E-state index is 0.160. The first-order valence-corrected chi connectivity index (χ1v) is 6.41. The standard InChI is InChI=1S/C14H18N4/c1-9-7-5-6-8-12-13(9)15-11(3)18-14(12)16-10(2)17(18)4/h5,8-10H,7H2,1-4H3. The minimum atomic E-state index is 0.160. The van der Waals surface area contributed by atoms with E-state index in [4.69, 9.17) is 9.98 Å². The molecule has 0 spiro atoms. The van der Waals surface area contributed by atoms with E-state index in [-0.39, 0.29) is 6.17 Å². The maximum Gasteiger partial charge on any atom is 0.155 e.